The summed E-state index contributed by atoms with van der Waals surface area (Å²) >= 11 is 1.67. The van der Waals surface area contributed by atoms with Crippen LogP contribution in [0.15, 0.2) is 47.1 Å². The summed E-state index contributed by atoms with van der Waals surface area (Å²) in [7, 11) is 0. The van der Waals surface area contributed by atoms with Crippen LogP contribution in [0.5, 0.6) is 0 Å². The number of thioether (sulfide) groups is 1. The van der Waals surface area contributed by atoms with Crippen molar-refractivity contribution in [2.75, 3.05) is 11.4 Å². The molecule has 1 aliphatic heterocycles. The lowest BCUT2D eigenvalue weighted by atomic mass is 10.0. The van der Waals surface area contributed by atoms with Gasteiger partial charge in [-0.15, -0.1) is 11.8 Å². The van der Waals surface area contributed by atoms with Crippen LogP contribution in [0.1, 0.15) is 31.1 Å². The van der Waals surface area contributed by atoms with Gasteiger partial charge in [-0.05, 0) is 43.0 Å². The van der Waals surface area contributed by atoms with Gasteiger partial charge in [0.25, 0.3) is 0 Å². The predicted octanol–water partition coefficient (Wildman–Crippen LogP) is 4.27. The van der Waals surface area contributed by atoms with Crippen LogP contribution in [0.2, 0.25) is 0 Å². The average Bonchev–Trinajstić information content (AvgIpc) is 3.08. The number of fused-ring (bicyclic) bond motifs is 1. The maximum Gasteiger partial charge on any atom is 0.240 e. The second-order valence-electron chi connectivity index (χ2n) is 5.51. The highest BCUT2D eigenvalue weighted by Crippen LogP contribution is 2.30. The first kappa shape index (κ1) is 15.2. The highest BCUT2D eigenvalue weighted by molar-refractivity contribution is 7.99. The summed E-state index contributed by atoms with van der Waals surface area (Å²) in [4.78, 5) is 14.9. The van der Waals surface area contributed by atoms with E-state index in [-0.39, 0.29) is 11.2 Å². The summed E-state index contributed by atoms with van der Waals surface area (Å²) in [5.41, 5.74) is 2.38. The van der Waals surface area contributed by atoms with Crippen molar-refractivity contribution in [3.63, 3.8) is 0 Å². The molecule has 0 saturated carbocycles. The van der Waals surface area contributed by atoms with Crippen LogP contribution in [-0.2, 0) is 17.0 Å². The van der Waals surface area contributed by atoms with Gasteiger partial charge in [-0.2, -0.15) is 0 Å². The van der Waals surface area contributed by atoms with Gasteiger partial charge in [0.1, 0.15) is 5.76 Å². The molecule has 1 atom stereocenters. The van der Waals surface area contributed by atoms with Gasteiger partial charge < -0.3 is 9.32 Å². The third kappa shape index (κ3) is 3.22. The minimum atomic E-state index is -0.0174. The first-order valence-electron chi connectivity index (χ1n) is 7.83. The zero-order valence-corrected chi connectivity index (χ0v) is 13.6. The molecule has 0 spiro atoms. The minimum Gasteiger partial charge on any atom is -0.468 e. The minimum absolute atomic E-state index is 0.0174. The number of amides is 1. The van der Waals surface area contributed by atoms with Gasteiger partial charge in [0, 0.05) is 12.2 Å². The van der Waals surface area contributed by atoms with E-state index in [4.69, 9.17) is 4.42 Å². The molecular weight excluding hydrogens is 294 g/mol. The molecule has 1 amide bonds. The van der Waals surface area contributed by atoms with Gasteiger partial charge >= 0.3 is 0 Å². The van der Waals surface area contributed by atoms with Crippen molar-refractivity contribution >= 4 is 23.4 Å². The molecule has 0 aliphatic carbocycles. The zero-order valence-electron chi connectivity index (χ0n) is 12.8. The Morgan fingerprint density at radius 3 is 2.95 bits per heavy atom. The van der Waals surface area contributed by atoms with Gasteiger partial charge in [-0.3, -0.25) is 4.79 Å². The summed E-state index contributed by atoms with van der Waals surface area (Å²) in [5, 5.41) is -0.0174. The van der Waals surface area contributed by atoms with Gasteiger partial charge in [0.2, 0.25) is 5.91 Å². The molecule has 0 bridgehead atoms. The molecule has 0 fully saturated rings. The Hall–Kier alpha value is -1.68. The van der Waals surface area contributed by atoms with E-state index in [2.05, 4.69) is 25.1 Å². The molecule has 0 N–H and O–H groups in total. The smallest absolute Gasteiger partial charge is 0.240 e. The van der Waals surface area contributed by atoms with Crippen molar-refractivity contribution in [3.8, 4) is 0 Å². The van der Waals surface area contributed by atoms with Crippen molar-refractivity contribution in [3.05, 3.63) is 54.0 Å². The first-order valence-corrected chi connectivity index (χ1v) is 8.87. The number of anilines is 1. The number of benzene rings is 1. The van der Waals surface area contributed by atoms with E-state index < -0.39 is 0 Å². The van der Waals surface area contributed by atoms with E-state index in [9.17, 15) is 4.79 Å². The molecule has 2 aromatic rings. The molecule has 1 aromatic carbocycles. The Labute approximate surface area is 135 Å². The highest BCUT2D eigenvalue weighted by Gasteiger charge is 2.28. The van der Waals surface area contributed by atoms with Crippen molar-refractivity contribution in [2.24, 2.45) is 0 Å². The summed E-state index contributed by atoms with van der Waals surface area (Å²) in [6.07, 6.45) is 4.63. The van der Waals surface area contributed by atoms with Crippen LogP contribution in [-0.4, -0.2) is 17.7 Å². The van der Waals surface area contributed by atoms with E-state index in [1.54, 1.807) is 18.0 Å². The SMILES string of the molecule is CCC(SCc1ccco1)C(=O)N1CCCc2ccccc21. The fraction of sp³-hybridized carbons (Fsp3) is 0.389. The Kier molecular flexibility index (Phi) is 4.88. The first-order chi connectivity index (χ1) is 10.8. The monoisotopic (exact) mass is 315 g/mol. The molecule has 1 aliphatic rings. The quantitative estimate of drug-likeness (QED) is 0.826. The summed E-state index contributed by atoms with van der Waals surface area (Å²) < 4.78 is 5.36. The molecule has 3 rings (SSSR count). The summed E-state index contributed by atoms with van der Waals surface area (Å²) in [5.74, 6) is 1.90. The van der Waals surface area contributed by atoms with E-state index >= 15 is 0 Å². The van der Waals surface area contributed by atoms with E-state index in [1.807, 2.05) is 23.1 Å². The van der Waals surface area contributed by atoms with Gasteiger partial charge in [0.15, 0.2) is 0 Å². The number of hydrogen-bond acceptors (Lipinski definition) is 3. The third-order valence-electron chi connectivity index (χ3n) is 4.03. The van der Waals surface area contributed by atoms with E-state index in [0.29, 0.717) is 0 Å². The number of rotatable bonds is 5. The molecule has 1 unspecified atom stereocenters. The number of aryl methyl sites for hydroxylation is 1. The third-order valence-corrected chi connectivity index (χ3v) is 5.42. The Morgan fingerprint density at radius 1 is 1.32 bits per heavy atom. The van der Waals surface area contributed by atoms with Crippen LogP contribution in [0, 0.1) is 0 Å². The molecule has 3 nitrogen and oxygen atoms in total. The molecular formula is C18H21NO2S. The van der Waals surface area contributed by atoms with Crippen molar-refractivity contribution in [1.29, 1.82) is 0 Å². The standard InChI is InChI=1S/C18H21NO2S/c1-2-17(22-13-15-9-6-12-21-15)18(20)19-11-5-8-14-7-3-4-10-16(14)19/h3-4,6-7,9-10,12,17H,2,5,8,11,13H2,1H3. The number of hydrogen-bond donors (Lipinski definition) is 0. The number of furan rings is 1. The molecule has 1 aromatic heterocycles. The lowest BCUT2D eigenvalue weighted by Gasteiger charge is -2.32. The average molecular weight is 315 g/mol. The lowest BCUT2D eigenvalue weighted by molar-refractivity contribution is -0.118. The van der Waals surface area contributed by atoms with E-state index in [0.717, 1.165) is 43.0 Å². The van der Waals surface area contributed by atoms with Gasteiger partial charge in [0.05, 0.1) is 17.3 Å². The highest BCUT2D eigenvalue weighted by atomic mass is 32.2. The normalized spacial score (nSPS) is 15.4. The Balaban J connectivity index is 1.71. The Bertz CT molecular complexity index is 624. The van der Waals surface area contributed by atoms with Crippen LogP contribution < -0.4 is 4.90 Å². The van der Waals surface area contributed by atoms with E-state index in [1.165, 1.54) is 5.56 Å². The fourth-order valence-corrected chi connectivity index (χ4v) is 3.91. The topological polar surface area (TPSA) is 33.5 Å². The number of carbonyl (C=O) groups excluding carboxylic acids is 1. The molecule has 0 radical (unpaired) electrons. The van der Waals surface area contributed by atoms with Crippen LogP contribution in [0.4, 0.5) is 5.69 Å². The lowest BCUT2D eigenvalue weighted by Crippen LogP contribution is -2.40. The van der Waals surface area contributed by atoms with Crippen molar-refractivity contribution in [1.82, 2.24) is 0 Å². The predicted molar refractivity (Wildman–Crippen MR) is 91.2 cm³/mol. The number of carbonyl (C=O) groups is 1. The second-order valence-corrected chi connectivity index (χ2v) is 6.70. The Morgan fingerprint density at radius 2 is 2.18 bits per heavy atom. The molecule has 2 heterocycles. The second kappa shape index (κ2) is 7.05. The zero-order chi connectivity index (χ0) is 15.4. The molecule has 0 saturated heterocycles. The van der Waals surface area contributed by atoms with Gasteiger partial charge in [-0.1, -0.05) is 25.1 Å². The van der Waals surface area contributed by atoms with Gasteiger partial charge in [-0.25, -0.2) is 0 Å². The van der Waals surface area contributed by atoms with Crippen molar-refractivity contribution in [2.45, 2.75) is 37.2 Å². The maximum absolute atomic E-state index is 12.9. The number of nitrogens with zero attached hydrogens (tertiary/aromatic N) is 1. The molecule has 22 heavy (non-hydrogen) atoms. The molecule has 4 heteroatoms. The van der Waals surface area contributed by atoms with Crippen molar-refractivity contribution < 1.29 is 9.21 Å². The van der Waals surface area contributed by atoms with Crippen LogP contribution >= 0.6 is 11.8 Å². The number of para-hydroxylation sites is 1. The largest absolute Gasteiger partial charge is 0.468 e. The molecule has 116 valence electrons. The van der Waals surface area contributed by atoms with Crippen LogP contribution in [0.25, 0.3) is 0 Å². The summed E-state index contributed by atoms with van der Waals surface area (Å²) in [6, 6.07) is 12.1. The van der Waals surface area contributed by atoms with Crippen LogP contribution in [0.3, 0.4) is 0 Å². The maximum atomic E-state index is 12.9. The fourth-order valence-electron chi connectivity index (χ4n) is 2.88. The summed E-state index contributed by atoms with van der Waals surface area (Å²) in [6.45, 7) is 2.90.